The molecule has 1 N–H and O–H groups in total. The van der Waals surface area contributed by atoms with Crippen LogP contribution in [-0.4, -0.2) is 66.0 Å². The first-order valence-electron chi connectivity index (χ1n) is 12.6. The van der Waals surface area contributed by atoms with Crippen molar-refractivity contribution in [2.45, 2.75) is 64.0 Å². The second kappa shape index (κ2) is 9.71. The highest BCUT2D eigenvalue weighted by Gasteiger charge is 2.39. The van der Waals surface area contributed by atoms with Crippen molar-refractivity contribution in [3.8, 4) is 5.75 Å². The molecule has 2 aromatic rings. The summed E-state index contributed by atoms with van der Waals surface area (Å²) in [7, 11) is 3.37. The van der Waals surface area contributed by atoms with Crippen LogP contribution in [0.5, 0.6) is 5.75 Å². The molecule has 0 bridgehead atoms. The number of hydrogen-bond acceptors (Lipinski definition) is 7. The van der Waals surface area contributed by atoms with E-state index in [2.05, 4.69) is 15.2 Å². The quantitative estimate of drug-likeness (QED) is 0.695. The van der Waals surface area contributed by atoms with E-state index in [9.17, 15) is 9.59 Å². The summed E-state index contributed by atoms with van der Waals surface area (Å²) in [5, 5.41) is 3.27. The Morgan fingerprint density at radius 3 is 2.57 bits per heavy atom. The Balaban J connectivity index is 1.42. The SMILES string of the molecule is COc1cc(C(=O)N2CCCCC2)ccc1Nc1ncc2c(n1)N(C1CCCC1)[C@H](C)C(=O)N2C. The van der Waals surface area contributed by atoms with Gasteiger partial charge in [0.2, 0.25) is 11.9 Å². The monoisotopic (exact) mass is 478 g/mol. The van der Waals surface area contributed by atoms with E-state index >= 15 is 0 Å². The lowest BCUT2D eigenvalue weighted by molar-refractivity contribution is -0.119. The second-order valence-corrected chi connectivity index (χ2v) is 9.71. The average Bonchev–Trinajstić information content (AvgIpc) is 3.42. The van der Waals surface area contributed by atoms with Crippen molar-refractivity contribution in [3.05, 3.63) is 30.0 Å². The number of carbonyl (C=O) groups is 2. The minimum absolute atomic E-state index is 0.0356. The largest absolute Gasteiger partial charge is 0.495 e. The van der Waals surface area contributed by atoms with E-state index in [4.69, 9.17) is 9.72 Å². The molecule has 35 heavy (non-hydrogen) atoms. The molecular weight excluding hydrogens is 444 g/mol. The van der Waals surface area contributed by atoms with Crippen LogP contribution in [0.3, 0.4) is 0 Å². The van der Waals surface area contributed by atoms with Gasteiger partial charge in [0, 0.05) is 31.7 Å². The molecule has 1 aliphatic carbocycles. The molecule has 2 aliphatic heterocycles. The number of aromatic nitrogens is 2. The Bertz CT molecular complexity index is 1110. The Kier molecular flexibility index (Phi) is 6.49. The molecule has 9 nitrogen and oxygen atoms in total. The maximum absolute atomic E-state index is 12.9. The summed E-state index contributed by atoms with van der Waals surface area (Å²) in [5.74, 6) is 1.86. The van der Waals surface area contributed by atoms with Crippen LogP contribution in [0, 0.1) is 0 Å². The number of carbonyl (C=O) groups excluding carboxylic acids is 2. The number of nitrogens with zero attached hydrogens (tertiary/aromatic N) is 5. The number of hydrogen-bond donors (Lipinski definition) is 1. The fraction of sp³-hybridized carbons (Fsp3) is 0.538. The zero-order valence-corrected chi connectivity index (χ0v) is 20.8. The number of rotatable bonds is 5. The zero-order chi connectivity index (χ0) is 24.5. The van der Waals surface area contributed by atoms with Crippen LogP contribution in [0.2, 0.25) is 0 Å². The number of piperidine rings is 1. The summed E-state index contributed by atoms with van der Waals surface area (Å²) in [6.07, 6.45) is 9.45. The molecule has 3 heterocycles. The number of ether oxygens (including phenoxy) is 1. The van der Waals surface area contributed by atoms with E-state index in [0.717, 1.165) is 50.3 Å². The lowest BCUT2D eigenvalue weighted by Crippen LogP contribution is -2.54. The van der Waals surface area contributed by atoms with E-state index < -0.39 is 0 Å². The van der Waals surface area contributed by atoms with Gasteiger partial charge in [-0.25, -0.2) is 4.98 Å². The lowest BCUT2D eigenvalue weighted by atomic mass is 10.1. The van der Waals surface area contributed by atoms with E-state index in [0.29, 0.717) is 29.0 Å². The van der Waals surface area contributed by atoms with Crippen molar-refractivity contribution in [1.82, 2.24) is 14.9 Å². The van der Waals surface area contributed by atoms with E-state index in [1.54, 1.807) is 31.3 Å². The second-order valence-electron chi connectivity index (χ2n) is 9.71. The van der Waals surface area contributed by atoms with Gasteiger partial charge in [-0.1, -0.05) is 12.8 Å². The van der Waals surface area contributed by atoms with Gasteiger partial charge in [-0.05, 0) is 57.2 Å². The molecule has 5 rings (SSSR count). The van der Waals surface area contributed by atoms with Crippen LogP contribution < -0.4 is 19.9 Å². The number of methoxy groups -OCH3 is 1. The number of anilines is 4. The number of benzene rings is 1. The highest BCUT2D eigenvalue weighted by molar-refractivity contribution is 6.04. The average molecular weight is 479 g/mol. The molecule has 2 amide bonds. The van der Waals surface area contributed by atoms with Crippen LogP contribution in [-0.2, 0) is 4.79 Å². The summed E-state index contributed by atoms with van der Waals surface area (Å²) in [5.41, 5.74) is 2.02. The van der Waals surface area contributed by atoms with E-state index in [1.807, 2.05) is 24.0 Å². The molecule has 0 unspecified atom stereocenters. The van der Waals surface area contributed by atoms with Gasteiger partial charge in [0.25, 0.3) is 5.91 Å². The van der Waals surface area contributed by atoms with Crippen LogP contribution in [0.4, 0.5) is 23.1 Å². The summed E-state index contributed by atoms with van der Waals surface area (Å²) >= 11 is 0. The maximum Gasteiger partial charge on any atom is 0.253 e. The highest BCUT2D eigenvalue weighted by Crippen LogP contribution is 2.39. The van der Waals surface area contributed by atoms with Gasteiger partial charge in [-0.2, -0.15) is 4.98 Å². The molecule has 2 fully saturated rings. The summed E-state index contributed by atoms with van der Waals surface area (Å²) < 4.78 is 5.61. The number of likely N-dealkylation sites (tertiary alicyclic amines) is 1. The Morgan fingerprint density at radius 1 is 1.11 bits per heavy atom. The minimum Gasteiger partial charge on any atom is -0.495 e. The molecule has 1 saturated carbocycles. The molecule has 186 valence electrons. The first-order chi connectivity index (χ1) is 17.0. The fourth-order valence-corrected chi connectivity index (χ4v) is 5.55. The smallest absolute Gasteiger partial charge is 0.253 e. The first kappa shape index (κ1) is 23.4. The van der Waals surface area contributed by atoms with Crippen LogP contribution >= 0.6 is 0 Å². The van der Waals surface area contributed by atoms with Crippen molar-refractivity contribution in [1.29, 1.82) is 0 Å². The molecular formula is C26H34N6O3. The molecule has 1 aromatic carbocycles. The van der Waals surface area contributed by atoms with Gasteiger partial charge in [-0.3, -0.25) is 9.59 Å². The molecule has 1 atom stereocenters. The predicted molar refractivity (Wildman–Crippen MR) is 136 cm³/mol. The Hall–Kier alpha value is -3.36. The van der Waals surface area contributed by atoms with Crippen LogP contribution in [0.1, 0.15) is 62.2 Å². The van der Waals surface area contributed by atoms with Gasteiger partial charge < -0.3 is 24.8 Å². The lowest BCUT2D eigenvalue weighted by Gasteiger charge is -2.42. The molecule has 3 aliphatic rings. The number of fused-ring (bicyclic) bond motifs is 1. The van der Waals surface area contributed by atoms with Gasteiger partial charge in [-0.15, -0.1) is 0 Å². The highest BCUT2D eigenvalue weighted by atomic mass is 16.5. The van der Waals surface area contributed by atoms with Crippen molar-refractivity contribution in [2.75, 3.05) is 42.4 Å². The molecule has 1 saturated heterocycles. The van der Waals surface area contributed by atoms with E-state index in [-0.39, 0.29) is 17.9 Å². The fourth-order valence-electron chi connectivity index (χ4n) is 5.55. The number of amides is 2. The van der Waals surface area contributed by atoms with Gasteiger partial charge >= 0.3 is 0 Å². The maximum atomic E-state index is 12.9. The zero-order valence-electron chi connectivity index (χ0n) is 20.8. The normalized spacial score (nSPS) is 20.7. The van der Waals surface area contributed by atoms with Crippen molar-refractivity contribution in [3.63, 3.8) is 0 Å². The van der Waals surface area contributed by atoms with Crippen molar-refractivity contribution >= 4 is 35.0 Å². The standard InChI is InChI=1S/C26H34N6O3/c1-17-24(33)30(2)21-16-27-26(29-23(21)32(17)19-9-5-6-10-19)28-20-12-11-18(15-22(20)35-3)25(34)31-13-7-4-8-14-31/h11-12,15-17,19H,4-10,13-14H2,1-3H3,(H,27,28,29)/t17-/m1/s1. The third-order valence-corrected chi connectivity index (χ3v) is 7.52. The minimum atomic E-state index is -0.270. The van der Waals surface area contributed by atoms with E-state index in [1.165, 1.54) is 19.3 Å². The number of likely N-dealkylation sites (N-methyl/N-ethyl adjacent to an activating group) is 1. The Labute approximate surface area is 206 Å². The van der Waals surface area contributed by atoms with Crippen LogP contribution in [0.25, 0.3) is 0 Å². The van der Waals surface area contributed by atoms with Crippen molar-refractivity contribution < 1.29 is 14.3 Å². The van der Waals surface area contributed by atoms with Crippen LogP contribution in [0.15, 0.2) is 24.4 Å². The van der Waals surface area contributed by atoms with Gasteiger partial charge in [0.15, 0.2) is 5.82 Å². The molecule has 1 aromatic heterocycles. The first-order valence-corrected chi connectivity index (χ1v) is 12.6. The molecule has 0 radical (unpaired) electrons. The Morgan fingerprint density at radius 2 is 1.86 bits per heavy atom. The number of nitrogens with one attached hydrogen (secondary N) is 1. The molecule has 0 spiro atoms. The third kappa shape index (κ3) is 4.39. The molecule has 9 heteroatoms. The summed E-state index contributed by atoms with van der Waals surface area (Å²) in [4.78, 5) is 40.9. The topological polar surface area (TPSA) is 90.9 Å². The summed E-state index contributed by atoms with van der Waals surface area (Å²) in [6.45, 7) is 3.56. The van der Waals surface area contributed by atoms with Gasteiger partial charge in [0.05, 0.1) is 19.0 Å². The summed E-state index contributed by atoms with van der Waals surface area (Å²) in [6, 6.07) is 5.47. The third-order valence-electron chi connectivity index (χ3n) is 7.52. The van der Waals surface area contributed by atoms with Gasteiger partial charge in [0.1, 0.15) is 17.5 Å². The predicted octanol–water partition coefficient (Wildman–Crippen LogP) is 3.97. The van der Waals surface area contributed by atoms with Crippen molar-refractivity contribution in [2.24, 2.45) is 0 Å².